The van der Waals surface area contributed by atoms with Crippen LogP contribution < -0.4 is 5.32 Å². The summed E-state index contributed by atoms with van der Waals surface area (Å²) < 4.78 is 26.3. The van der Waals surface area contributed by atoms with Gasteiger partial charge in [-0.2, -0.15) is 15.5 Å². The molecule has 5 aromatic rings. The Bertz CT molecular complexity index is 1830. The number of anilines is 2. The van der Waals surface area contributed by atoms with Gasteiger partial charge < -0.3 is 10.4 Å². The minimum atomic E-state index is -3.52. The number of nitrogens with one attached hydrogen (secondary N) is 2. The first-order chi connectivity index (χ1) is 18.2. The SMILES string of the molecule is Cc1cc(S(C)(=O)=O)c(Nc2ccc3c(c2)ncn3-c2ccc(CCO)c(-c3c(C#N)n[nH]c3C)n2)nn1. The molecule has 12 nitrogen and oxygen atoms in total. The van der Waals surface area contributed by atoms with Gasteiger partial charge in [0, 0.05) is 24.2 Å². The summed E-state index contributed by atoms with van der Waals surface area (Å²) in [5.74, 6) is 0.699. The summed E-state index contributed by atoms with van der Waals surface area (Å²) in [4.78, 5) is 9.39. The smallest absolute Gasteiger partial charge is 0.179 e. The number of pyridine rings is 1. The highest BCUT2D eigenvalue weighted by atomic mass is 32.2. The van der Waals surface area contributed by atoms with Crippen molar-refractivity contribution in [3.63, 3.8) is 0 Å². The number of aromatic nitrogens is 7. The Kier molecular flexibility index (Phi) is 6.35. The maximum atomic E-state index is 12.2. The molecule has 0 unspecified atom stereocenters. The number of H-pyrrole nitrogens is 1. The van der Waals surface area contributed by atoms with E-state index in [1.165, 1.54) is 6.07 Å². The zero-order chi connectivity index (χ0) is 27.0. The van der Waals surface area contributed by atoms with E-state index in [0.29, 0.717) is 46.1 Å². The van der Waals surface area contributed by atoms with Crippen LogP contribution in [0.4, 0.5) is 11.5 Å². The molecule has 0 spiro atoms. The molecule has 0 radical (unpaired) electrons. The molecule has 0 atom stereocenters. The Morgan fingerprint density at radius 3 is 2.71 bits per heavy atom. The molecule has 0 fully saturated rings. The van der Waals surface area contributed by atoms with E-state index in [9.17, 15) is 18.8 Å². The first-order valence-corrected chi connectivity index (χ1v) is 13.4. The van der Waals surface area contributed by atoms with Gasteiger partial charge in [0.05, 0.1) is 28.0 Å². The van der Waals surface area contributed by atoms with Crippen LogP contribution in [0.15, 0.2) is 47.6 Å². The lowest BCUT2D eigenvalue weighted by molar-refractivity contribution is 0.299. The van der Waals surface area contributed by atoms with Crippen LogP contribution in [0.3, 0.4) is 0 Å². The van der Waals surface area contributed by atoms with E-state index in [1.807, 2.05) is 25.1 Å². The van der Waals surface area contributed by atoms with Crippen molar-refractivity contribution in [1.82, 2.24) is 34.9 Å². The van der Waals surface area contributed by atoms with Crippen LogP contribution in [0, 0.1) is 25.2 Å². The van der Waals surface area contributed by atoms with Crippen molar-refractivity contribution in [2.24, 2.45) is 0 Å². The number of imidazole rings is 1. The molecular weight excluding hydrogens is 506 g/mol. The van der Waals surface area contributed by atoms with E-state index < -0.39 is 9.84 Å². The molecule has 0 aliphatic heterocycles. The van der Waals surface area contributed by atoms with Crippen molar-refractivity contribution in [3.8, 4) is 23.1 Å². The van der Waals surface area contributed by atoms with Crippen molar-refractivity contribution in [2.75, 3.05) is 18.2 Å². The Morgan fingerprint density at radius 1 is 1.16 bits per heavy atom. The molecule has 0 saturated carbocycles. The monoisotopic (exact) mass is 529 g/mol. The van der Waals surface area contributed by atoms with E-state index in [2.05, 4.69) is 36.8 Å². The zero-order valence-corrected chi connectivity index (χ0v) is 21.6. The highest BCUT2D eigenvalue weighted by Crippen LogP contribution is 2.30. The number of hydrogen-bond donors (Lipinski definition) is 3. The van der Waals surface area contributed by atoms with Crippen LogP contribution in [0.25, 0.3) is 28.1 Å². The van der Waals surface area contributed by atoms with E-state index >= 15 is 0 Å². The van der Waals surface area contributed by atoms with Gasteiger partial charge >= 0.3 is 0 Å². The Labute approximate surface area is 217 Å². The van der Waals surface area contributed by atoms with Gasteiger partial charge in [-0.1, -0.05) is 6.07 Å². The molecule has 3 N–H and O–H groups in total. The predicted octanol–water partition coefficient (Wildman–Crippen LogP) is 2.77. The minimum absolute atomic E-state index is 0.0570. The fraction of sp³-hybridized carbons (Fsp3) is 0.200. The van der Waals surface area contributed by atoms with Crippen LogP contribution in [-0.2, 0) is 16.3 Å². The van der Waals surface area contributed by atoms with Crippen molar-refractivity contribution in [1.29, 1.82) is 5.26 Å². The molecule has 0 aliphatic rings. The van der Waals surface area contributed by atoms with Crippen molar-refractivity contribution in [3.05, 3.63) is 65.4 Å². The molecule has 4 aromatic heterocycles. The maximum absolute atomic E-state index is 12.2. The van der Waals surface area contributed by atoms with Crippen LogP contribution in [0.5, 0.6) is 0 Å². The van der Waals surface area contributed by atoms with Gasteiger partial charge in [-0.3, -0.25) is 9.67 Å². The number of benzene rings is 1. The largest absolute Gasteiger partial charge is 0.396 e. The lowest BCUT2D eigenvalue weighted by atomic mass is 10.0. The standard InChI is InChI=1S/C25H23N9O3S/c1-14-10-21(38(3,36)37)25(33-30-14)28-17-5-6-20-18(11-17)27-13-34(20)22-7-4-16(8-9-35)24(29-22)23-15(2)31-32-19(23)12-26/h4-7,10-11,13,35H,8-9H2,1-3H3,(H,28,33)(H,31,32). The van der Waals surface area contributed by atoms with Gasteiger partial charge in [-0.15, -0.1) is 5.10 Å². The number of sulfone groups is 1. The van der Waals surface area contributed by atoms with E-state index in [4.69, 9.17) is 4.98 Å². The van der Waals surface area contributed by atoms with Crippen LogP contribution in [-0.4, -0.2) is 61.3 Å². The van der Waals surface area contributed by atoms with E-state index in [-0.39, 0.29) is 23.0 Å². The molecule has 0 amide bonds. The third-order valence-corrected chi connectivity index (χ3v) is 7.08. The van der Waals surface area contributed by atoms with Crippen LogP contribution in [0.2, 0.25) is 0 Å². The van der Waals surface area contributed by atoms with Gasteiger partial charge in [-0.25, -0.2) is 18.4 Å². The second-order valence-corrected chi connectivity index (χ2v) is 10.7. The van der Waals surface area contributed by atoms with Gasteiger partial charge in [0.25, 0.3) is 0 Å². The topological polar surface area (TPSA) is 175 Å². The summed E-state index contributed by atoms with van der Waals surface area (Å²) in [6.07, 6.45) is 3.12. The fourth-order valence-electron chi connectivity index (χ4n) is 4.19. The number of hydrogen-bond acceptors (Lipinski definition) is 10. The molecular formula is C25H23N9O3S. The second kappa shape index (κ2) is 9.66. The van der Waals surface area contributed by atoms with Crippen LogP contribution in [0.1, 0.15) is 22.6 Å². The summed E-state index contributed by atoms with van der Waals surface area (Å²) in [6.45, 7) is 3.42. The number of nitrogens with zero attached hydrogens (tertiary/aromatic N) is 7. The predicted molar refractivity (Wildman–Crippen MR) is 140 cm³/mol. The van der Waals surface area contributed by atoms with Crippen molar-refractivity contribution >= 4 is 32.4 Å². The maximum Gasteiger partial charge on any atom is 0.179 e. The van der Waals surface area contributed by atoms with Gasteiger partial charge in [0.1, 0.15) is 23.1 Å². The first-order valence-electron chi connectivity index (χ1n) is 11.5. The number of aliphatic hydroxyl groups is 1. The Hall–Kier alpha value is -4.67. The zero-order valence-electron chi connectivity index (χ0n) is 20.8. The number of aromatic amines is 1. The highest BCUT2D eigenvalue weighted by molar-refractivity contribution is 7.90. The quantitative estimate of drug-likeness (QED) is 0.284. The molecule has 0 aliphatic carbocycles. The third kappa shape index (κ3) is 4.58. The van der Waals surface area contributed by atoms with E-state index in [1.54, 1.807) is 30.0 Å². The second-order valence-electron chi connectivity index (χ2n) is 8.75. The number of fused-ring (bicyclic) bond motifs is 1. The number of aryl methyl sites for hydroxylation is 2. The summed E-state index contributed by atoms with van der Waals surface area (Å²) in [5.41, 5.74) is 5.34. The number of aliphatic hydroxyl groups excluding tert-OH is 1. The summed E-state index contributed by atoms with van der Waals surface area (Å²) in [7, 11) is -3.52. The molecule has 13 heteroatoms. The fourth-order valence-corrected chi connectivity index (χ4v) is 5.02. The van der Waals surface area contributed by atoms with Gasteiger partial charge in [0.2, 0.25) is 0 Å². The molecule has 1 aromatic carbocycles. The molecule has 0 bridgehead atoms. The first kappa shape index (κ1) is 25.0. The van der Waals surface area contributed by atoms with Gasteiger partial charge in [0.15, 0.2) is 21.3 Å². The summed E-state index contributed by atoms with van der Waals surface area (Å²) >= 11 is 0. The highest BCUT2D eigenvalue weighted by Gasteiger charge is 2.20. The summed E-state index contributed by atoms with van der Waals surface area (Å²) in [5, 5.41) is 37.0. The lowest BCUT2D eigenvalue weighted by Crippen LogP contribution is -2.07. The molecule has 5 rings (SSSR count). The number of nitriles is 1. The normalized spacial score (nSPS) is 11.6. The van der Waals surface area contributed by atoms with E-state index in [0.717, 1.165) is 17.3 Å². The van der Waals surface area contributed by atoms with Gasteiger partial charge in [-0.05, 0) is 56.2 Å². The Balaban J connectivity index is 1.55. The molecule has 0 saturated heterocycles. The van der Waals surface area contributed by atoms with Crippen molar-refractivity contribution in [2.45, 2.75) is 25.2 Å². The third-order valence-electron chi connectivity index (χ3n) is 5.97. The molecule has 4 heterocycles. The average Bonchev–Trinajstić information content (AvgIpc) is 3.47. The lowest BCUT2D eigenvalue weighted by Gasteiger charge is -2.12. The Morgan fingerprint density at radius 2 is 1.97 bits per heavy atom. The minimum Gasteiger partial charge on any atom is -0.396 e. The van der Waals surface area contributed by atoms with Crippen LogP contribution >= 0.6 is 0 Å². The molecule has 192 valence electrons. The average molecular weight is 530 g/mol. The summed E-state index contributed by atoms with van der Waals surface area (Å²) in [6, 6.07) is 12.6. The van der Waals surface area contributed by atoms with Crippen molar-refractivity contribution < 1.29 is 13.5 Å². The number of rotatable bonds is 7. The molecule has 38 heavy (non-hydrogen) atoms.